The van der Waals surface area contributed by atoms with E-state index in [1.807, 2.05) is 38.7 Å². The van der Waals surface area contributed by atoms with Gasteiger partial charge in [0.1, 0.15) is 11.5 Å². The number of fused-ring (bicyclic) bond motifs is 1. The van der Waals surface area contributed by atoms with Gasteiger partial charge in [0, 0.05) is 43.7 Å². The van der Waals surface area contributed by atoms with Gasteiger partial charge in [0.2, 0.25) is 0 Å². The molecular weight excluding hydrogens is 352 g/mol. The first-order valence-corrected chi connectivity index (χ1v) is 10.3. The lowest BCUT2D eigenvalue weighted by Gasteiger charge is -2.47. The van der Waals surface area contributed by atoms with Crippen molar-refractivity contribution >= 4 is 5.91 Å². The van der Waals surface area contributed by atoms with Crippen LogP contribution in [0.25, 0.3) is 0 Å². The van der Waals surface area contributed by atoms with Crippen molar-refractivity contribution in [3.8, 4) is 11.5 Å². The third-order valence-electron chi connectivity index (χ3n) is 6.71. The molecule has 5 heteroatoms. The standard InChI is InChI=1S/C23H34N2O3/c1-8-11-24-12-15(3)25(13-14(24)2)22(27)23(7)10-9-19-18(6)20(26)16(4)17(5)21(19)28-23/h8,14-15,26H,1,9-13H2,2-7H3/t14-,15+,23?/m1/s1. The number of piperazine rings is 1. The molecule has 2 heterocycles. The van der Waals surface area contributed by atoms with Gasteiger partial charge in [0.15, 0.2) is 5.60 Å². The Morgan fingerprint density at radius 2 is 1.89 bits per heavy atom. The zero-order valence-electron chi connectivity index (χ0n) is 18.1. The molecule has 0 aliphatic carbocycles. The Kier molecular flexibility index (Phi) is 5.50. The topological polar surface area (TPSA) is 53.0 Å². The van der Waals surface area contributed by atoms with E-state index in [1.54, 1.807) is 0 Å². The van der Waals surface area contributed by atoms with Crippen molar-refractivity contribution in [1.82, 2.24) is 9.80 Å². The summed E-state index contributed by atoms with van der Waals surface area (Å²) in [4.78, 5) is 17.9. The normalized spacial score (nSPS) is 27.9. The van der Waals surface area contributed by atoms with E-state index in [0.29, 0.717) is 24.8 Å². The summed E-state index contributed by atoms with van der Waals surface area (Å²) in [5, 5.41) is 10.4. The number of hydrogen-bond donors (Lipinski definition) is 1. The van der Waals surface area contributed by atoms with E-state index in [0.717, 1.165) is 47.5 Å². The average molecular weight is 387 g/mol. The summed E-state index contributed by atoms with van der Waals surface area (Å²) in [5.74, 6) is 1.19. The van der Waals surface area contributed by atoms with Crippen LogP contribution in [0.4, 0.5) is 0 Å². The average Bonchev–Trinajstić information content (AvgIpc) is 2.66. The van der Waals surface area contributed by atoms with Gasteiger partial charge in [-0.05, 0) is 64.7 Å². The van der Waals surface area contributed by atoms with Crippen LogP contribution in [0.3, 0.4) is 0 Å². The molecule has 1 N–H and O–H groups in total. The summed E-state index contributed by atoms with van der Waals surface area (Å²) in [6.45, 7) is 18.2. The summed E-state index contributed by atoms with van der Waals surface area (Å²) in [7, 11) is 0. The molecule has 1 aromatic rings. The second-order valence-corrected chi connectivity index (χ2v) is 8.76. The van der Waals surface area contributed by atoms with Crippen molar-refractivity contribution in [3.63, 3.8) is 0 Å². The zero-order chi connectivity index (χ0) is 20.8. The predicted octanol–water partition coefficient (Wildman–Crippen LogP) is 3.51. The van der Waals surface area contributed by atoms with Crippen molar-refractivity contribution in [1.29, 1.82) is 0 Å². The predicted molar refractivity (Wildman–Crippen MR) is 112 cm³/mol. The summed E-state index contributed by atoms with van der Waals surface area (Å²) in [5.41, 5.74) is 2.78. The maximum atomic E-state index is 13.6. The first kappa shape index (κ1) is 20.7. The van der Waals surface area contributed by atoms with Gasteiger partial charge in [0.25, 0.3) is 5.91 Å². The molecule has 1 unspecified atom stereocenters. The molecule has 0 spiro atoms. The summed E-state index contributed by atoms with van der Waals surface area (Å²) in [6.07, 6.45) is 3.28. The molecule has 154 valence electrons. The van der Waals surface area contributed by atoms with Gasteiger partial charge in [-0.1, -0.05) is 6.08 Å². The summed E-state index contributed by atoms with van der Waals surface area (Å²) < 4.78 is 6.41. The van der Waals surface area contributed by atoms with E-state index in [9.17, 15) is 9.90 Å². The minimum absolute atomic E-state index is 0.0681. The maximum absolute atomic E-state index is 13.6. The number of rotatable bonds is 3. The minimum Gasteiger partial charge on any atom is -0.507 e. The van der Waals surface area contributed by atoms with Crippen LogP contribution in [-0.2, 0) is 11.2 Å². The molecule has 28 heavy (non-hydrogen) atoms. The van der Waals surface area contributed by atoms with Crippen molar-refractivity contribution < 1.29 is 14.6 Å². The monoisotopic (exact) mass is 386 g/mol. The maximum Gasteiger partial charge on any atom is 0.266 e. The molecule has 5 nitrogen and oxygen atoms in total. The lowest BCUT2D eigenvalue weighted by molar-refractivity contribution is -0.154. The fraction of sp³-hybridized carbons (Fsp3) is 0.609. The Morgan fingerprint density at radius 1 is 1.21 bits per heavy atom. The van der Waals surface area contributed by atoms with Crippen LogP contribution < -0.4 is 4.74 Å². The number of phenols is 1. The number of hydrogen-bond acceptors (Lipinski definition) is 4. The van der Waals surface area contributed by atoms with E-state index < -0.39 is 5.60 Å². The van der Waals surface area contributed by atoms with E-state index in [4.69, 9.17) is 4.74 Å². The SMILES string of the molecule is C=CCN1C[C@H](C)N(C(=O)C2(C)CCc3c(C)c(O)c(C)c(C)c3O2)C[C@H]1C. The molecule has 0 aromatic heterocycles. The third-order valence-corrected chi connectivity index (χ3v) is 6.71. The van der Waals surface area contributed by atoms with E-state index in [1.165, 1.54) is 0 Å². The molecule has 1 amide bonds. The van der Waals surface area contributed by atoms with Gasteiger partial charge in [-0.3, -0.25) is 9.69 Å². The van der Waals surface area contributed by atoms with Crippen molar-refractivity contribution in [2.45, 2.75) is 72.1 Å². The Bertz CT molecular complexity index is 804. The van der Waals surface area contributed by atoms with Gasteiger partial charge < -0.3 is 14.7 Å². The third kappa shape index (κ3) is 3.30. The largest absolute Gasteiger partial charge is 0.507 e. The summed E-state index contributed by atoms with van der Waals surface area (Å²) >= 11 is 0. The van der Waals surface area contributed by atoms with Gasteiger partial charge >= 0.3 is 0 Å². The van der Waals surface area contributed by atoms with Crippen LogP contribution in [0.2, 0.25) is 0 Å². The summed E-state index contributed by atoms with van der Waals surface area (Å²) in [6, 6.07) is 0.427. The number of carbonyl (C=O) groups excluding carboxylic acids is 1. The molecule has 2 aliphatic rings. The van der Waals surface area contributed by atoms with Crippen LogP contribution in [0.1, 0.15) is 49.4 Å². The van der Waals surface area contributed by atoms with Crippen LogP contribution in [-0.4, -0.2) is 58.1 Å². The highest BCUT2D eigenvalue weighted by atomic mass is 16.5. The number of phenolic OH excluding ortho intramolecular Hbond substituents is 1. The molecular formula is C23H34N2O3. The highest BCUT2D eigenvalue weighted by Crippen LogP contribution is 2.44. The molecule has 0 bridgehead atoms. The number of benzene rings is 1. The Hall–Kier alpha value is -2.01. The van der Waals surface area contributed by atoms with Crippen LogP contribution in [0.5, 0.6) is 11.5 Å². The molecule has 0 radical (unpaired) electrons. The quantitative estimate of drug-likeness (QED) is 0.808. The van der Waals surface area contributed by atoms with Gasteiger partial charge in [-0.15, -0.1) is 6.58 Å². The van der Waals surface area contributed by atoms with Crippen LogP contribution in [0.15, 0.2) is 12.7 Å². The number of carbonyl (C=O) groups is 1. The van der Waals surface area contributed by atoms with Gasteiger partial charge in [-0.2, -0.15) is 0 Å². The Balaban J connectivity index is 1.87. The van der Waals surface area contributed by atoms with E-state index in [-0.39, 0.29) is 11.9 Å². The number of aromatic hydroxyl groups is 1. The zero-order valence-corrected chi connectivity index (χ0v) is 18.1. The van der Waals surface area contributed by atoms with Crippen LogP contribution in [0, 0.1) is 20.8 Å². The van der Waals surface area contributed by atoms with Gasteiger partial charge in [-0.25, -0.2) is 0 Å². The van der Waals surface area contributed by atoms with Gasteiger partial charge in [0.05, 0.1) is 0 Å². The van der Waals surface area contributed by atoms with Crippen LogP contribution >= 0.6 is 0 Å². The highest BCUT2D eigenvalue weighted by molar-refractivity contribution is 5.86. The molecule has 3 rings (SSSR count). The first-order chi connectivity index (χ1) is 13.1. The molecule has 1 fully saturated rings. The van der Waals surface area contributed by atoms with Crippen molar-refractivity contribution in [2.24, 2.45) is 0 Å². The number of amides is 1. The lowest BCUT2D eigenvalue weighted by atomic mass is 9.86. The molecule has 2 aliphatic heterocycles. The fourth-order valence-corrected chi connectivity index (χ4v) is 4.60. The molecule has 1 saturated heterocycles. The first-order valence-electron chi connectivity index (χ1n) is 10.3. The smallest absolute Gasteiger partial charge is 0.266 e. The molecule has 0 saturated carbocycles. The Labute approximate surface area is 169 Å². The fourth-order valence-electron chi connectivity index (χ4n) is 4.60. The molecule has 1 aromatic carbocycles. The minimum atomic E-state index is -0.873. The second kappa shape index (κ2) is 7.43. The van der Waals surface area contributed by atoms with E-state index >= 15 is 0 Å². The van der Waals surface area contributed by atoms with E-state index in [2.05, 4.69) is 25.3 Å². The second-order valence-electron chi connectivity index (χ2n) is 8.76. The van der Waals surface area contributed by atoms with Crippen molar-refractivity contribution in [3.05, 3.63) is 34.9 Å². The Morgan fingerprint density at radius 3 is 2.54 bits per heavy atom. The lowest BCUT2D eigenvalue weighted by Crippen LogP contribution is -2.63. The number of ether oxygens (including phenoxy) is 1. The number of nitrogens with zero attached hydrogens (tertiary/aromatic N) is 2. The van der Waals surface area contributed by atoms with Crippen molar-refractivity contribution in [2.75, 3.05) is 19.6 Å². The molecule has 3 atom stereocenters. The highest BCUT2D eigenvalue weighted by Gasteiger charge is 2.45.